The number of unbranched alkanes of at least 4 members (excludes halogenated alkanes) is 15. The molecule has 7 heteroatoms. The second-order valence-electron chi connectivity index (χ2n) is 8.31. The number of hydrogen-bond acceptors (Lipinski definition) is 4. The van der Waals surface area contributed by atoms with Crippen molar-refractivity contribution in [2.75, 3.05) is 12.3 Å². The molecule has 0 amide bonds. The van der Waals surface area contributed by atoms with Crippen LogP contribution in [0.3, 0.4) is 0 Å². The molecular weight excluding hydrogens is 421 g/mol. The van der Waals surface area contributed by atoms with Gasteiger partial charge >= 0.3 is 29.6 Å². The Morgan fingerprint density at radius 3 is 1.65 bits per heavy atom. The van der Waals surface area contributed by atoms with Crippen LogP contribution in [0.5, 0.6) is 0 Å². The molecule has 0 aliphatic rings. The summed E-state index contributed by atoms with van der Waals surface area (Å²) in [4.78, 5) is 3.64. The zero-order valence-electron chi connectivity index (χ0n) is 20.3. The molecule has 0 heterocycles. The van der Waals surface area contributed by atoms with E-state index in [0.29, 0.717) is 6.42 Å². The summed E-state index contributed by atoms with van der Waals surface area (Å²) in [6.45, 7) is 2.12. The van der Waals surface area contributed by atoms with E-state index in [-0.39, 0.29) is 42.0 Å². The van der Waals surface area contributed by atoms with E-state index in [0.717, 1.165) is 19.3 Å². The Hall–Kier alpha value is 0.120. The summed E-state index contributed by atoms with van der Waals surface area (Å²) in [5.41, 5.74) is 0. The van der Waals surface area contributed by atoms with Gasteiger partial charge in [0, 0.05) is 0 Å². The molecule has 0 bridgehead atoms. The Morgan fingerprint density at radius 1 is 0.774 bits per heavy atom. The van der Waals surface area contributed by atoms with Crippen molar-refractivity contribution in [1.29, 1.82) is 0 Å². The van der Waals surface area contributed by atoms with Crippen LogP contribution in [-0.4, -0.2) is 31.2 Å². The maximum atomic E-state index is 11.5. The number of rotatable bonds is 22. The van der Waals surface area contributed by atoms with Gasteiger partial charge in [-0.15, -0.1) is 0 Å². The molecule has 0 aromatic rings. The van der Waals surface area contributed by atoms with E-state index in [1.54, 1.807) is 0 Å². The largest absolute Gasteiger partial charge is 1.00 e. The van der Waals surface area contributed by atoms with E-state index < -0.39 is 15.9 Å². The quantitative estimate of drug-likeness (QED) is 0.0661. The summed E-state index contributed by atoms with van der Waals surface area (Å²) in [6, 6.07) is 0. The Morgan fingerprint density at radius 2 is 1.19 bits per heavy atom. The second kappa shape index (κ2) is 24.8. The van der Waals surface area contributed by atoms with E-state index in [2.05, 4.69) is 24.1 Å². The molecule has 0 saturated carbocycles. The molecule has 31 heavy (non-hydrogen) atoms. The molecule has 0 aromatic heterocycles. The minimum absolute atomic E-state index is 0. The predicted octanol–water partition coefficient (Wildman–Crippen LogP) is 3.23. The SMILES string of the molecule is CCCCCCCCCC/C=C/CCCCCCCCCC([O-])=NCCS(=O)(=O)O.[Na+]. The average molecular weight is 468 g/mol. The molecule has 1 N–H and O–H groups in total. The summed E-state index contributed by atoms with van der Waals surface area (Å²) in [5, 5.41) is 11.5. The van der Waals surface area contributed by atoms with Crippen LogP contribution in [-0.2, 0) is 10.1 Å². The third-order valence-corrected chi connectivity index (χ3v) is 5.99. The van der Waals surface area contributed by atoms with Crippen LogP contribution >= 0.6 is 0 Å². The van der Waals surface area contributed by atoms with Crippen LogP contribution in [0, 0.1) is 0 Å². The van der Waals surface area contributed by atoms with Gasteiger partial charge in [0.1, 0.15) is 0 Å². The fourth-order valence-corrected chi connectivity index (χ4v) is 3.74. The van der Waals surface area contributed by atoms with E-state index in [1.165, 1.54) is 89.9 Å². The summed E-state index contributed by atoms with van der Waals surface area (Å²) in [7, 11) is -4.02. The standard InChI is InChI=1S/C24H47NO4S.Na/c1-2-3-4-5-6-7-8-9-10-11-12-13-14-15-16-17-18-19-20-21-24(26)25-22-23-30(27,28)29;/h11-12H,2-10,13-23H2,1H3,(H,25,26)(H,27,28,29);/q;+1/p-1/b12-11+;. The fraction of sp³-hybridized carbons (Fsp3) is 0.875. The molecule has 0 aliphatic carbocycles. The smallest absolute Gasteiger partial charge is 0.862 e. The van der Waals surface area contributed by atoms with Gasteiger partial charge in [-0.05, 0) is 44.4 Å². The zero-order chi connectivity index (χ0) is 22.3. The van der Waals surface area contributed by atoms with Crippen molar-refractivity contribution in [3.8, 4) is 0 Å². The van der Waals surface area contributed by atoms with Crippen molar-refractivity contribution in [1.82, 2.24) is 0 Å². The van der Waals surface area contributed by atoms with Crippen LogP contribution in [0.2, 0.25) is 0 Å². The van der Waals surface area contributed by atoms with Gasteiger partial charge in [0.15, 0.2) is 0 Å². The minimum atomic E-state index is -4.02. The molecule has 5 nitrogen and oxygen atoms in total. The van der Waals surface area contributed by atoms with Crippen LogP contribution in [0.4, 0.5) is 0 Å². The molecule has 178 valence electrons. The monoisotopic (exact) mass is 467 g/mol. The topological polar surface area (TPSA) is 89.8 Å². The minimum Gasteiger partial charge on any atom is -0.862 e. The van der Waals surface area contributed by atoms with Gasteiger partial charge in [-0.25, -0.2) is 0 Å². The Kier molecular flexibility index (Phi) is 26.6. The molecule has 0 aromatic carbocycles. The molecular formula is C24H46NNaO4S. The number of allylic oxidation sites excluding steroid dienone is 2. The first-order chi connectivity index (χ1) is 14.5. The molecule has 0 fully saturated rings. The van der Waals surface area contributed by atoms with Crippen LogP contribution in [0.1, 0.15) is 122 Å². The van der Waals surface area contributed by atoms with Gasteiger partial charge in [-0.3, -0.25) is 4.55 Å². The molecule has 0 saturated heterocycles. The van der Waals surface area contributed by atoms with Crippen molar-refractivity contribution in [3.63, 3.8) is 0 Å². The van der Waals surface area contributed by atoms with E-state index in [9.17, 15) is 13.5 Å². The first-order valence-corrected chi connectivity index (χ1v) is 13.9. The van der Waals surface area contributed by atoms with Crippen LogP contribution in [0.25, 0.3) is 0 Å². The van der Waals surface area contributed by atoms with Crippen molar-refractivity contribution in [3.05, 3.63) is 12.2 Å². The zero-order valence-corrected chi connectivity index (χ0v) is 23.1. The molecule has 0 aliphatic heterocycles. The van der Waals surface area contributed by atoms with E-state index in [1.807, 2.05) is 0 Å². The Bertz CT molecular complexity index is 536. The van der Waals surface area contributed by atoms with Gasteiger partial charge in [0.05, 0.1) is 12.3 Å². The van der Waals surface area contributed by atoms with Crippen molar-refractivity contribution < 1.29 is 47.6 Å². The summed E-state index contributed by atoms with van der Waals surface area (Å²) in [5.74, 6) is -0.745. The van der Waals surface area contributed by atoms with Gasteiger partial charge in [-0.1, -0.05) is 96.1 Å². The van der Waals surface area contributed by atoms with Crippen molar-refractivity contribution >= 4 is 16.0 Å². The summed E-state index contributed by atoms with van der Waals surface area (Å²) >= 11 is 0. The molecule has 0 rings (SSSR count). The van der Waals surface area contributed by atoms with E-state index in [4.69, 9.17) is 4.55 Å². The molecule has 0 atom stereocenters. The third-order valence-electron chi connectivity index (χ3n) is 5.29. The predicted molar refractivity (Wildman–Crippen MR) is 127 cm³/mol. The number of nitrogens with zero attached hydrogens (tertiary/aromatic N) is 1. The third kappa shape index (κ3) is 30.1. The van der Waals surface area contributed by atoms with Crippen LogP contribution < -0.4 is 34.7 Å². The van der Waals surface area contributed by atoms with E-state index >= 15 is 0 Å². The summed E-state index contributed by atoms with van der Waals surface area (Å²) in [6.07, 6.45) is 26.5. The van der Waals surface area contributed by atoms with Gasteiger partial charge < -0.3 is 10.1 Å². The molecule has 0 spiro atoms. The number of hydrogen-bond donors (Lipinski definition) is 1. The second-order valence-corrected chi connectivity index (χ2v) is 9.88. The number of aliphatic imine (C=N–C) groups is 1. The normalized spacial score (nSPS) is 12.4. The first kappa shape index (κ1) is 33.3. The maximum Gasteiger partial charge on any atom is 1.00 e. The van der Waals surface area contributed by atoms with Crippen LogP contribution in [0.15, 0.2) is 17.1 Å². The first-order valence-electron chi connectivity index (χ1n) is 12.3. The van der Waals surface area contributed by atoms with Crippen molar-refractivity contribution in [2.45, 2.75) is 122 Å². The van der Waals surface area contributed by atoms with Crippen molar-refractivity contribution in [2.24, 2.45) is 4.99 Å². The average Bonchev–Trinajstić information content (AvgIpc) is 2.68. The Labute approximate surface area is 214 Å². The van der Waals surface area contributed by atoms with Gasteiger partial charge in [0.2, 0.25) is 0 Å². The van der Waals surface area contributed by atoms with Gasteiger partial charge in [-0.2, -0.15) is 8.42 Å². The molecule has 0 unspecified atom stereocenters. The summed E-state index contributed by atoms with van der Waals surface area (Å²) < 4.78 is 29.6. The molecule has 0 radical (unpaired) electrons. The Balaban J connectivity index is 0. The fourth-order valence-electron chi connectivity index (χ4n) is 3.42. The van der Waals surface area contributed by atoms with Gasteiger partial charge in [0.25, 0.3) is 10.1 Å². The maximum absolute atomic E-state index is 11.5.